The molecular formula is C8H4Cl2F6Mg. The van der Waals surface area contributed by atoms with Crippen molar-refractivity contribution in [2.24, 2.45) is 0 Å². The van der Waals surface area contributed by atoms with E-state index in [4.69, 9.17) is 0 Å². The van der Waals surface area contributed by atoms with Crippen LogP contribution in [0, 0.1) is 0 Å². The number of alkyl halides is 6. The molecule has 1 aromatic carbocycles. The Morgan fingerprint density at radius 2 is 1.00 bits per heavy atom. The summed E-state index contributed by atoms with van der Waals surface area (Å²) >= 11 is 0. The van der Waals surface area contributed by atoms with Crippen LogP contribution in [0.15, 0.2) is 24.3 Å². The number of rotatable bonds is 0. The van der Waals surface area contributed by atoms with Crippen molar-refractivity contribution in [2.75, 3.05) is 0 Å². The second kappa shape index (κ2) is 7.55. The summed E-state index contributed by atoms with van der Waals surface area (Å²) in [7, 11) is 0. The molecule has 0 aliphatic heterocycles. The molecule has 0 spiro atoms. The van der Waals surface area contributed by atoms with Crippen LogP contribution in [0.2, 0.25) is 0 Å². The van der Waals surface area contributed by atoms with Crippen LogP contribution in [-0.2, 0) is 12.4 Å². The van der Waals surface area contributed by atoms with Gasteiger partial charge in [0.25, 0.3) is 0 Å². The molecule has 0 aliphatic rings. The fraction of sp³-hybridized carbons (Fsp3) is 0.250. The maximum absolute atomic E-state index is 12.0. The third-order valence-corrected chi connectivity index (χ3v) is 1.52. The van der Waals surface area contributed by atoms with Gasteiger partial charge in [-0.2, -0.15) is 26.3 Å². The second-order valence-electron chi connectivity index (χ2n) is 2.58. The van der Waals surface area contributed by atoms with E-state index in [0.717, 1.165) is 6.07 Å². The van der Waals surface area contributed by atoms with E-state index >= 15 is 0 Å². The predicted molar refractivity (Wildman–Crippen MR) is 42.2 cm³/mol. The number of hydrogen-bond donors (Lipinski definition) is 0. The van der Waals surface area contributed by atoms with Crippen molar-refractivity contribution >= 4 is 23.1 Å². The van der Waals surface area contributed by atoms with Gasteiger partial charge >= 0.3 is 35.4 Å². The van der Waals surface area contributed by atoms with Crippen LogP contribution in [0.1, 0.15) is 11.1 Å². The zero-order chi connectivity index (χ0) is 11.0. The van der Waals surface area contributed by atoms with Gasteiger partial charge in [0.05, 0.1) is 11.1 Å². The maximum Gasteiger partial charge on any atom is 2.00 e. The summed E-state index contributed by atoms with van der Waals surface area (Å²) in [5.74, 6) is 0. The first-order valence-electron chi connectivity index (χ1n) is 3.46. The maximum atomic E-state index is 12.0. The van der Waals surface area contributed by atoms with E-state index in [0.29, 0.717) is 12.1 Å². The average molecular weight is 309 g/mol. The Kier molecular flexibility index (Phi) is 9.92. The van der Waals surface area contributed by atoms with E-state index in [1.54, 1.807) is 0 Å². The predicted octanol–water partition coefficient (Wildman–Crippen LogP) is -2.65. The smallest absolute Gasteiger partial charge is 1.00 e. The monoisotopic (exact) mass is 308 g/mol. The summed E-state index contributed by atoms with van der Waals surface area (Å²) in [4.78, 5) is 0. The van der Waals surface area contributed by atoms with Crippen molar-refractivity contribution in [3.8, 4) is 0 Å². The van der Waals surface area contributed by atoms with Crippen LogP contribution in [0.4, 0.5) is 26.3 Å². The summed E-state index contributed by atoms with van der Waals surface area (Å²) < 4.78 is 71.9. The molecule has 0 fully saturated rings. The first-order chi connectivity index (χ1) is 6.21. The molecule has 1 rings (SSSR count). The molecule has 0 amide bonds. The minimum atomic E-state index is -4.75. The molecule has 0 radical (unpaired) electrons. The van der Waals surface area contributed by atoms with E-state index in [9.17, 15) is 26.3 Å². The summed E-state index contributed by atoms with van der Waals surface area (Å²) in [5.41, 5.74) is -2.60. The first-order valence-corrected chi connectivity index (χ1v) is 3.46. The van der Waals surface area contributed by atoms with Crippen molar-refractivity contribution in [1.29, 1.82) is 0 Å². The van der Waals surface area contributed by atoms with Crippen molar-refractivity contribution < 1.29 is 51.2 Å². The van der Waals surface area contributed by atoms with Gasteiger partial charge in [-0.15, -0.1) is 0 Å². The molecule has 0 saturated carbocycles. The molecule has 0 aromatic heterocycles. The Bertz CT molecular complexity index is 306. The fourth-order valence-corrected chi connectivity index (χ4v) is 0.872. The quantitative estimate of drug-likeness (QED) is 0.363. The Balaban J connectivity index is -0.000000653. The van der Waals surface area contributed by atoms with E-state index in [-0.39, 0.29) is 53.9 Å². The summed E-state index contributed by atoms with van der Waals surface area (Å²) in [6, 6.07) is 2.00. The molecule has 0 nitrogen and oxygen atoms in total. The van der Waals surface area contributed by atoms with Crippen molar-refractivity contribution in [3.63, 3.8) is 0 Å². The van der Waals surface area contributed by atoms with Crippen LogP contribution >= 0.6 is 0 Å². The topological polar surface area (TPSA) is 0 Å². The molecule has 0 N–H and O–H groups in total. The fourth-order valence-electron chi connectivity index (χ4n) is 0.872. The molecule has 0 aliphatic carbocycles. The van der Waals surface area contributed by atoms with Crippen molar-refractivity contribution in [1.82, 2.24) is 0 Å². The summed E-state index contributed by atoms with van der Waals surface area (Å²) in [6.45, 7) is 0. The van der Waals surface area contributed by atoms with Crippen molar-refractivity contribution in [3.05, 3.63) is 35.4 Å². The van der Waals surface area contributed by atoms with E-state index in [2.05, 4.69) is 0 Å². The van der Waals surface area contributed by atoms with Crippen LogP contribution in [0.25, 0.3) is 0 Å². The molecule has 0 unspecified atom stereocenters. The van der Waals surface area contributed by atoms with Crippen LogP contribution < -0.4 is 24.8 Å². The molecule has 1 aromatic rings. The van der Waals surface area contributed by atoms with Gasteiger partial charge in [-0.05, 0) is 18.2 Å². The number of benzene rings is 1. The largest absolute Gasteiger partial charge is 2.00 e. The number of halogens is 8. The normalized spacial score (nSPS) is 10.7. The Labute approximate surface area is 122 Å². The van der Waals surface area contributed by atoms with E-state index in [1.165, 1.54) is 0 Å². The van der Waals surface area contributed by atoms with Gasteiger partial charge in [-0.1, -0.05) is 6.07 Å². The van der Waals surface area contributed by atoms with Crippen molar-refractivity contribution in [2.45, 2.75) is 12.4 Å². The molecule has 94 valence electrons. The van der Waals surface area contributed by atoms with Gasteiger partial charge in [0.2, 0.25) is 0 Å². The van der Waals surface area contributed by atoms with E-state index < -0.39 is 23.5 Å². The number of hydrogen-bond acceptors (Lipinski definition) is 0. The second-order valence-corrected chi connectivity index (χ2v) is 2.58. The minimum Gasteiger partial charge on any atom is -1.00 e. The standard InChI is InChI=1S/C8H4F6.2ClH.Mg/c9-7(10,11)5-2-1-3-6(4-5)8(12,13)14;;;/h1-4H;2*1H;/q;;;+2/p-2. The Hall–Kier alpha value is 0.146. The molecule has 0 atom stereocenters. The molecular weight excluding hydrogens is 305 g/mol. The van der Waals surface area contributed by atoms with E-state index in [1.807, 2.05) is 0 Å². The average Bonchev–Trinajstić information content (AvgIpc) is 2.01. The third kappa shape index (κ3) is 6.59. The molecule has 9 heteroatoms. The Morgan fingerprint density at radius 3 is 1.24 bits per heavy atom. The van der Waals surface area contributed by atoms with Gasteiger partial charge in [0, 0.05) is 0 Å². The Morgan fingerprint density at radius 1 is 0.706 bits per heavy atom. The van der Waals surface area contributed by atoms with Gasteiger partial charge in [-0.3, -0.25) is 0 Å². The third-order valence-electron chi connectivity index (χ3n) is 1.52. The SMILES string of the molecule is FC(F)(F)c1cccc(C(F)(F)F)c1.[Cl-].[Cl-].[Mg+2]. The summed E-state index contributed by atoms with van der Waals surface area (Å²) in [6.07, 6.45) is -9.50. The first kappa shape index (κ1) is 22.3. The minimum absolute atomic E-state index is 0. The molecule has 17 heavy (non-hydrogen) atoms. The van der Waals surface area contributed by atoms with Gasteiger partial charge < -0.3 is 24.8 Å². The van der Waals surface area contributed by atoms with Gasteiger partial charge in [-0.25, -0.2) is 0 Å². The zero-order valence-electron chi connectivity index (χ0n) is 8.04. The van der Waals surface area contributed by atoms with Crippen LogP contribution in [0.5, 0.6) is 0 Å². The van der Waals surface area contributed by atoms with Gasteiger partial charge in [0.15, 0.2) is 0 Å². The zero-order valence-corrected chi connectivity index (χ0v) is 11.0. The van der Waals surface area contributed by atoms with Gasteiger partial charge in [0.1, 0.15) is 0 Å². The van der Waals surface area contributed by atoms with Crippen LogP contribution in [-0.4, -0.2) is 23.1 Å². The molecule has 0 bridgehead atoms. The molecule has 0 saturated heterocycles. The molecule has 0 heterocycles. The summed E-state index contributed by atoms with van der Waals surface area (Å²) in [5, 5.41) is 0. The van der Waals surface area contributed by atoms with Crippen LogP contribution in [0.3, 0.4) is 0 Å².